The molecule has 0 spiro atoms. The number of hydrogen-bond acceptors (Lipinski definition) is 3. The van der Waals surface area contributed by atoms with Crippen LogP contribution in [0.4, 0.5) is 0 Å². The Balaban J connectivity index is 2.35. The molecule has 0 atom stereocenters. The monoisotopic (exact) mass is 276 g/mol. The van der Waals surface area contributed by atoms with Gasteiger partial charge >= 0.3 is 0 Å². The van der Waals surface area contributed by atoms with E-state index in [1.807, 2.05) is 48.5 Å². The summed E-state index contributed by atoms with van der Waals surface area (Å²) in [6, 6.07) is 16.8. The summed E-state index contributed by atoms with van der Waals surface area (Å²) in [5.41, 5.74) is 1.15. The molecule has 3 heteroatoms. The van der Waals surface area contributed by atoms with Crippen LogP contribution in [0.5, 0.6) is 5.75 Å². The van der Waals surface area contributed by atoms with Gasteiger partial charge in [0.2, 0.25) is 5.43 Å². The Labute approximate surface area is 120 Å². The fourth-order valence-corrected chi connectivity index (χ4v) is 2.80. The van der Waals surface area contributed by atoms with E-state index in [-0.39, 0.29) is 5.43 Å². The standard InChI is InChI=1S/C18H12O3/c1-20-14-8-4-5-11-9-10-15-17(16(11)14)18(19)12-6-2-3-7-13(12)21-15/h2-10H,1H3. The minimum atomic E-state index is -0.0260. The molecule has 0 saturated carbocycles. The van der Waals surface area contributed by atoms with Crippen LogP contribution >= 0.6 is 0 Å². The molecule has 1 aromatic heterocycles. The second kappa shape index (κ2) is 4.35. The van der Waals surface area contributed by atoms with Gasteiger partial charge in [-0.2, -0.15) is 0 Å². The summed E-state index contributed by atoms with van der Waals surface area (Å²) in [4.78, 5) is 12.9. The summed E-state index contributed by atoms with van der Waals surface area (Å²) in [6.45, 7) is 0. The molecule has 0 aliphatic rings. The Morgan fingerprint density at radius 1 is 0.857 bits per heavy atom. The van der Waals surface area contributed by atoms with Crippen molar-refractivity contribution in [3.8, 4) is 5.75 Å². The Bertz CT molecular complexity index is 1040. The third-order valence-electron chi connectivity index (χ3n) is 3.77. The molecule has 0 unspecified atom stereocenters. The van der Waals surface area contributed by atoms with Crippen LogP contribution in [0.25, 0.3) is 32.7 Å². The number of para-hydroxylation sites is 1. The summed E-state index contributed by atoms with van der Waals surface area (Å²) in [7, 11) is 1.61. The molecular weight excluding hydrogens is 264 g/mol. The molecule has 0 fully saturated rings. The predicted octanol–water partition coefficient (Wildman–Crippen LogP) is 4.11. The van der Waals surface area contributed by atoms with Crippen molar-refractivity contribution in [3.05, 3.63) is 64.8 Å². The maximum absolute atomic E-state index is 12.9. The second-order valence-corrected chi connectivity index (χ2v) is 4.92. The van der Waals surface area contributed by atoms with E-state index in [2.05, 4.69) is 0 Å². The first-order valence-electron chi connectivity index (χ1n) is 6.71. The molecule has 3 nitrogen and oxygen atoms in total. The maximum atomic E-state index is 12.9. The Morgan fingerprint density at radius 2 is 1.71 bits per heavy atom. The van der Waals surface area contributed by atoms with Crippen LogP contribution < -0.4 is 10.2 Å². The van der Waals surface area contributed by atoms with Gasteiger partial charge < -0.3 is 9.15 Å². The van der Waals surface area contributed by atoms with Gasteiger partial charge in [-0.25, -0.2) is 0 Å². The lowest BCUT2D eigenvalue weighted by atomic mass is 10.0. The fourth-order valence-electron chi connectivity index (χ4n) is 2.80. The maximum Gasteiger partial charge on any atom is 0.201 e. The van der Waals surface area contributed by atoms with E-state index < -0.39 is 0 Å². The Morgan fingerprint density at radius 3 is 2.57 bits per heavy atom. The molecule has 1 heterocycles. The number of benzene rings is 3. The van der Waals surface area contributed by atoms with Crippen LogP contribution in [0.2, 0.25) is 0 Å². The zero-order valence-corrected chi connectivity index (χ0v) is 11.4. The normalized spacial score (nSPS) is 11.3. The molecule has 0 aliphatic heterocycles. The number of hydrogen-bond donors (Lipinski definition) is 0. The first kappa shape index (κ1) is 12.0. The van der Waals surface area contributed by atoms with Gasteiger partial charge in [0.15, 0.2) is 0 Å². The first-order valence-corrected chi connectivity index (χ1v) is 6.71. The van der Waals surface area contributed by atoms with Gasteiger partial charge in [-0.05, 0) is 29.7 Å². The van der Waals surface area contributed by atoms with E-state index in [0.29, 0.717) is 27.7 Å². The highest BCUT2D eigenvalue weighted by molar-refractivity contribution is 6.11. The van der Waals surface area contributed by atoms with E-state index in [4.69, 9.17) is 9.15 Å². The first-order chi connectivity index (χ1) is 10.3. The fraction of sp³-hybridized carbons (Fsp3) is 0.0556. The van der Waals surface area contributed by atoms with Crippen molar-refractivity contribution >= 4 is 32.7 Å². The topological polar surface area (TPSA) is 39.4 Å². The van der Waals surface area contributed by atoms with Crippen molar-refractivity contribution in [1.82, 2.24) is 0 Å². The molecule has 21 heavy (non-hydrogen) atoms. The van der Waals surface area contributed by atoms with Crippen LogP contribution in [-0.2, 0) is 0 Å². The lowest BCUT2D eigenvalue weighted by Gasteiger charge is -2.08. The van der Waals surface area contributed by atoms with Crippen LogP contribution in [0.15, 0.2) is 63.8 Å². The molecular formula is C18H12O3. The second-order valence-electron chi connectivity index (χ2n) is 4.92. The van der Waals surface area contributed by atoms with Crippen molar-refractivity contribution < 1.29 is 9.15 Å². The Hall–Kier alpha value is -2.81. The average Bonchev–Trinajstić information content (AvgIpc) is 2.54. The van der Waals surface area contributed by atoms with Crippen molar-refractivity contribution in [3.63, 3.8) is 0 Å². The zero-order chi connectivity index (χ0) is 14.4. The zero-order valence-electron chi connectivity index (χ0n) is 11.4. The summed E-state index contributed by atoms with van der Waals surface area (Å²) >= 11 is 0. The SMILES string of the molecule is COc1cccc2ccc3oc4ccccc4c(=O)c3c12. The van der Waals surface area contributed by atoms with Crippen LogP contribution in [0.1, 0.15) is 0 Å². The van der Waals surface area contributed by atoms with Crippen molar-refractivity contribution in [2.75, 3.05) is 7.11 Å². The van der Waals surface area contributed by atoms with E-state index in [9.17, 15) is 4.79 Å². The third kappa shape index (κ3) is 1.64. The minimum Gasteiger partial charge on any atom is -0.496 e. The number of fused-ring (bicyclic) bond motifs is 4. The van der Waals surface area contributed by atoms with Gasteiger partial charge in [0.1, 0.15) is 16.9 Å². The minimum absolute atomic E-state index is 0.0260. The summed E-state index contributed by atoms with van der Waals surface area (Å²) < 4.78 is 11.3. The number of rotatable bonds is 1. The van der Waals surface area contributed by atoms with E-state index in [0.717, 1.165) is 10.8 Å². The average molecular weight is 276 g/mol. The lowest BCUT2D eigenvalue weighted by Crippen LogP contribution is -2.03. The molecule has 4 aromatic rings. The highest BCUT2D eigenvalue weighted by atomic mass is 16.5. The van der Waals surface area contributed by atoms with Gasteiger partial charge in [-0.1, -0.05) is 30.3 Å². The number of ether oxygens (including phenoxy) is 1. The van der Waals surface area contributed by atoms with E-state index >= 15 is 0 Å². The molecule has 0 radical (unpaired) electrons. The molecule has 102 valence electrons. The highest BCUT2D eigenvalue weighted by Gasteiger charge is 2.13. The molecule has 0 saturated heterocycles. The highest BCUT2D eigenvalue weighted by Crippen LogP contribution is 2.32. The third-order valence-corrected chi connectivity index (χ3v) is 3.77. The molecule has 0 bridgehead atoms. The molecule has 3 aromatic carbocycles. The van der Waals surface area contributed by atoms with Crippen molar-refractivity contribution in [2.45, 2.75) is 0 Å². The van der Waals surface area contributed by atoms with Gasteiger partial charge in [0, 0.05) is 5.39 Å². The summed E-state index contributed by atoms with van der Waals surface area (Å²) in [5.74, 6) is 0.681. The van der Waals surface area contributed by atoms with Crippen LogP contribution in [-0.4, -0.2) is 7.11 Å². The van der Waals surface area contributed by atoms with Crippen molar-refractivity contribution in [2.24, 2.45) is 0 Å². The summed E-state index contributed by atoms with van der Waals surface area (Å²) in [6.07, 6.45) is 0. The van der Waals surface area contributed by atoms with Gasteiger partial charge in [-0.3, -0.25) is 4.79 Å². The Kier molecular flexibility index (Phi) is 2.48. The smallest absolute Gasteiger partial charge is 0.201 e. The van der Waals surface area contributed by atoms with Crippen LogP contribution in [0.3, 0.4) is 0 Å². The molecule has 0 aliphatic carbocycles. The van der Waals surface area contributed by atoms with E-state index in [1.54, 1.807) is 13.2 Å². The lowest BCUT2D eigenvalue weighted by molar-refractivity contribution is 0.420. The summed E-state index contributed by atoms with van der Waals surface area (Å²) in [5, 5.41) is 2.92. The van der Waals surface area contributed by atoms with Gasteiger partial charge in [0.25, 0.3) is 0 Å². The van der Waals surface area contributed by atoms with Gasteiger partial charge in [-0.15, -0.1) is 0 Å². The van der Waals surface area contributed by atoms with Gasteiger partial charge in [0.05, 0.1) is 17.9 Å². The van der Waals surface area contributed by atoms with E-state index in [1.165, 1.54) is 0 Å². The molecule has 4 rings (SSSR count). The molecule has 0 amide bonds. The quantitative estimate of drug-likeness (QED) is 0.388. The largest absolute Gasteiger partial charge is 0.496 e. The predicted molar refractivity (Wildman–Crippen MR) is 84.0 cm³/mol. The van der Waals surface area contributed by atoms with Crippen molar-refractivity contribution in [1.29, 1.82) is 0 Å². The number of methoxy groups -OCH3 is 1. The van der Waals surface area contributed by atoms with Crippen LogP contribution in [0, 0.1) is 0 Å². The molecule has 0 N–H and O–H groups in total.